The quantitative estimate of drug-likeness (QED) is 0.0558. The highest BCUT2D eigenvalue weighted by atomic mass is 16.8. The summed E-state index contributed by atoms with van der Waals surface area (Å²) in [6, 6.07) is 68.7. The summed E-state index contributed by atoms with van der Waals surface area (Å²) in [6.45, 7) is 3.43. The van der Waals surface area contributed by atoms with Gasteiger partial charge in [0.1, 0.15) is 48.8 Å². The Bertz CT molecular complexity index is 2680. The number of nitrogens with one attached hydrogen (secondary N) is 1. The lowest BCUT2D eigenvalue weighted by molar-refractivity contribution is -0.369. The van der Waals surface area contributed by atoms with E-state index in [1.807, 2.05) is 212 Å². The van der Waals surface area contributed by atoms with Gasteiger partial charge in [-0.05, 0) is 38.9 Å². The van der Waals surface area contributed by atoms with E-state index in [0.29, 0.717) is 13.2 Å². The number of rotatable bonds is 26. The Morgan fingerprint density at radius 1 is 0.360 bits per heavy atom. The Balaban J connectivity index is 1.11. The molecule has 75 heavy (non-hydrogen) atoms. The molecule has 1 N–H and O–H groups in total. The molecule has 0 spiro atoms. The fourth-order valence-corrected chi connectivity index (χ4v) is 9.33. The van der Waals surface area contributed by atoms with E-state index < -0.39 is 61.3 Å². The van der Waals surface area contributed by atoms with Gasteiger partial charge in [-0.25, -0.2) is 0 Å². The normalized spacial score (nSPS) is 23.6. The third-order valence-electron chi connectivity index (χ3n) is 13.1. The lowest BCUT2D eigenvalue weighted by Crippen LogP contribution is -2.69. The van der Waals surface area contributed by atoms with Crippen LogP contribution < -0.4 is 5.32 Å². The van der Waals surface area contributed by atoms with E-state index in [1.54, 1.807) is 0 Å². The monoisotopic (exact) mass is 1010 g/mol. The molecule has 0 unspecified atom stereocenters. The summed E-state index contributed by atoms with van der Waals surface area (Å²) in [5.74, 6) is -0.320. The lowest BCUT2D eigenvalue weighted by Gasteiger charge is -2.50. The third-order valence-corrected chi connectivity index (χ3v) is 13.1. The van der Waals surface area contributed by atoms with E-state index in [2.05, 4.69) is 5.32 Å². The zero-order valence-electron chi connectivity index (χ0n) is 42.3. The molecular weight excluding hydrogens is 947 g/mol. The van der Waals surface area contributed by atoms with Crippen LogP contribution in [0.2, 0.25) is 0 Å². The van der Waals surface area contributed by atoms with Crippen molar-refractivity contribution in [1.29, 1.82) is 0 Å². The summed E-state index contributed by atoms with van der Waals surface area (Å²) in [6.07, 6.45) is -7.99. The van der Waals surface area contributed by atoms with Crippen molar-refractivity contribution >= 4 is 5.91 Å². The number of ether oxygens (including phenoxy) is 10. The van der Waals surface area contributed by atoms with Crippen LogP contribution >= 0.6 is 0 Å². The molecule has 2 saturated heterocycles. The first kappa shape index (κ1) is 53.4. The van der Waals surface area contributed by atoms with Crippen LogP contribution in [0.4, 0.5) is 0 Å². The van der Waals surface area contributed by atoms with Crippen molar-refractivity contribution in [3.05, 3.63) is 251 Å². The van der Waals surface area contributed by atoms with Gasteiger partial charge in [0.2, 0.25) is 5.91 Å². The SMILES string of the molecule is CC(=O)N[C@H]1[C@H](O[C@H]2[C@H](OCc3ccccc3)O[C@H](COCc3ccccc3)[C@@H](OCc3ccccc3)[C@@H]2OCc2ccccc2)O[C@H](COCc2ccccc2)[C@@H](OCc2ccccc2)[C@@H]1OCc1ccccc1. The van der Waals surface area contributed by atoms with Gasteiger partial charge in [0.05, 0.1) is 59.5 Å². The van der Waals surface area contributed by atoms with Gasteiger partial charge >= 0.3 is 0 Å². The molecular formula is C63H67NO11. The number of carbonyl (C=O) groups excluding carboxylic acids is 1. The van der Waals surface area contributed by atoms with E-state index in [4.69, 9.17) is 47.4 Å². The molecule has 10 atom stereocenters. The maximum Gasteiger partial charge on any atom is 0.217 e. The highest BCUT2D eigenvalue weighted by Crippen LogP contribution is 2.36. The van der Waals surface area contributed by atoms with Gasteiger partial charge in [-0.15, -0.1) is 0 Å². The van der Waals surface area contributed by atoms with Crippen molar-refractivity contribution in [2.24, 2.45) is 0 Å². The van der Waals surface area contributed by atoms with Crippen LogP contribution in [0.3, 0.4) is 0 Å². The summed E-state index contributed by atoms with van der Waals surface area (Å²) < 4.78 is 69.4. The van der Waals surface area contributed by atoms with E-state index in [1.165, 1.54) is 6.92 Å². The average molecular weight is 1010 g/mol. The molecule has 0 radical (unpaired) electrons. The molecule has 12 nitrogen and oxygen atoms in total. The summed E-state index contributed by atoms with van der Waals surface area (Å²) in [7, 11) is 0. The standard InChI is InChI=1S/C63H67NO11/c1-46(65)64-56-59(70-41-51-31-17-6-18-32-51)57(68-39-49-27-13-4-14-28-49)54(44-66-37-47-23-9-2-10-24-47)73-62(56)75-61-60(71-42-52-33-19-7-20-34-52)58(69-40-50-29-15-5-16-30-50)55(45-67-38-48-25-11-3-12-26-48)74-63(61)72-43-53-35-21-8-22-36-53/h2-36,54-63H,37-45H2,1H3,(H,64,65)/t54-,55-,56-,57-,58-,59-,60+,61-,62+,63-/m1/s1. The molecule has 0 aromatic heterocycles. The van der Waals surface area contributed by atoms with Crippen molar-refractivity contribution < 1.29 is 52.2 Å². The van der Waals surface area contributed by atoms with E-state index in [0.717, 1.165) is 38.9 Å². The van der Waals surface area contributed by atoms with Crippen molar-refractivity contribution in [2.45, 2.75) is 115 Å². The molecule has 0 aliphatic carbocycles. The van der Waals surface area contributed by atoms with Gasteiger partial charge in [-0.2, -0.15) is 0 Å². The van der Waals surface area contributed by atoms with E-state index in [-0.39, 0.29) is 52.2 Å². The number of hydrogen-bond donors (Lipinski definition) is 1. The first-order valence-electron chi connectivity index (χ1n) is 25.8. The molecule has 7 aromatic carbocycles. The maximum absolute atomic E-state index is 13.6. The number of amides is 1. The van der Waals surface area contributed by atoms with Crippen molar-refractivity contribution in [3.8, 4) is 0 Å². The number of carbonyl (C=O) groups is 1. The summed E-state index contributed by atoms with van der Waals surface area (Å²) in [4.78, 5) is 13.6. The Morgan fingerprint density at radius 2 is 0.653 bits per heavy atom. The molecule has 2 fully saturated rings. The van der Waals surface area contributed by atoms with Gasteiger partial charge in [-0.1, -0.05) is 212 Å². The molecule has 0 bridgehead atoms. The number of hydrogen-bond acceptors (Lipinski definition) is 11. The molecule has 7 aromatic rings. The molecule has 2 aliphatic rings. The van der Waals surface area contributed by atoms with Crippen LogP contribution in [0.25, 0.3) is 0 Å². The summed E-state index contributed by atoms with van der Waals surface area (Å²) in [5.41, 5.74) is 6.73. The Morgan fingerprint density at radius 3 is 1.01 bits per heavy atom. The topological polar surface area (TPSA) is 121 Å². The largest absolute Gasteiger partial charge is 0.374 e. The third kappa shape index (κ3) is 16.1. The Kier molecular flexibility index (Phi) is 20.3. The second-order valence-corrected chi connectivity index (χ2v) is 18.8. The van der Waals surface area contributed by atoms with Gasteiger partial charge in [-0.3, -0.25) is 4.79 Å². The fraction of sp³-hybridized carbons (Fsp3) is 0.317. The van der Waals surface area contributed by atoms with E-state index in [9.17, 15) is 4.79 Å². The number of benzene rings is 7. The first-order chi connectivity index (χ1) is 37.0. The van der Waals surface area contributed by atoms with Crippen LogP contribution in [0.1, 0.15) is 45.9 Å². The molecule has 0 saturated carbocycles. The minimum Gasteiger partial charge on any atom is -0.374 e. The van der Waals surface area contributed by atoms with Crippen LogP contribution in [-0.2, 0) is 98.4 Å². The molecule has 2 heterocycles. The van der Waals surface area contributed by atoms with Crippen molar-refractivity contribution in [2.75, 3.05) is 13.2 Å². The maximum atomic E-state index is 13.6. The Hall–Kier alpha value is -6.39. The van der Waals surface area contributed by atoms with Crippen LogP contribution in [0.15, 0.2) is 212 Å². The van der Waals surface area contributed by atoms with Crippen LogP contribution in [-0.4, -0.2) is 80.5 Å². The first-order valence-corrected chi connectivity index (χ1v) is 25.8. The Labute approximate surface area is 440 Å². The highest BCUT2D eigenvalue weighted by molar-refractivity contribution is 5.73. The zero-order valence-corrected chi connectivity index (χ0v) is 42.3. The average Bonchev–Trinajstić information content (AvgIpc) is 3.45. The summed E-state index contributed by atoms with van der Waals surface area (Å²) in [5, 5.41) is 3.19. The minimum atomic E-state index is -1.20. The molecule has 9 rings (SSSR count). The van der Waals surface area contributed by atoms with Crippen molar-refractivity contribution in [3.63, 3.8) is 0 Å². The second kappa shape index (κ2) is 28.5. The van der Waals surface area contributed by atoms with Gasteiger partial charge in [0.15, 0.2) is 12.6 Å². The summed E-state index contributed by atoms with van der Waals surface area (Å²) >= 11 is 0. The smallest absolute Gasteiger partial charge is 0.217 e. The van der Waals surface area contributed by atoms with Gasteiger partial charge < -0.3 is 52.7 Å². The van der Waals surface area contributed by atoms with Crippen molar-refractivity contribution in [1.82, 2.24) is 5.32 Å². The van der Waals surface area contributed by atoms with Crippen LogP contribution in [0, 0.1) is 0 Å². The zero-order chi connectivity index (χ0) is 51.3. The highest BCUT2D eigenvalue weighted by Gasteiger charge is 2.54. The van der Waals surface area contributed by atoms with Gasteiger partial charge in [0.25, 0.3) is 0 Å². The lowest BCUT2D eigenvalue weighted by atomic mass is 9.94. The predicted octanol–water partition coefficient (Wildman–Crippen LogP) is 10.3. The van der Waals surface area contributed by atoms with Gasteiger partial charge in [0, 0.05) is 6.92 Å². The molecule has 2 aliphatic heterocycles. The minimum absolute atomic E-state index is 0.0961. The second-order valence-electron chi connectivity index (χ2n) is 18.8. The predicted molar refractivity (Wildman–Crippen MR) is 283 cm³/mol. The molecule has 1 amide bonds. The van der Waals surface area contributed by atoms with E-state index >= 15 is 0 Å². The van der Waals surface area contributed by atoms with Crippen LogP contribution in [0.5, 0.6) is 0 Å². The molecule has 12 heteroatoms. The molecule has 390 valence electrons. The fourth-order valence-electron chi connectivity index (χ4n) is 9.33.